The molecule has 4 aromatic rings. The van der Waals surface area contributed by atoms with Crippen LogP contribution in [0.4, 0.5) is 14.9 Å². The maximum absolute atomic E-state index is 13.2. The number of pyridine rings is 1. The van der Waals surface area contributed by atoms with Crippen molar-refractivity contribution in [3.8, 4) is 11.4 Å². The van der Waals surface area contributed by atoms with Gasteiger partial charge < -0.3 is 9.53 Å². The van der Waals surface area contributed by atoms with Crippen LogP contribution in [0.5, 0.6) is 0 Å². The maximum atomic E-state index is 13.2. The van der Waals surface area contributed by atoms with Crippen LogP contribution in [0, 0.1) is 12.7 Å². The van der Waals surface area contributed by atoms with Gasteiger partial charge in [0.15, 0.2) is 5.82 Å². The third-order valence-corrected chi connectivity index (χ3v) is 5.41. The Morgan fingerprint density at radius 3 is 2.67 bits per heavy atom. The Balaban J connectivity index is 0.00000124. The second-order valence-corrected chi connectivity index (χ2v) is 7.11. The summed E-state index contributed by atoms with van der Waals surface area (Å²) >= 11 is 1.41. The van der Waals surface area contributed by atoms with E-state index in [1.807, 2.05) is 25.8 Å². The van der Waals surface area contributed by atoms with E-state index in [9.17, 15) is 9.18 Å². The summed E-state index contributed by atoms with van der Waals surface area (Å²) in [6.45, 7) is 5.67. The van der Waals surface area contributed by atoms with E-state index in [4.69, 9.17) is 9.53 Å². The van der Waals surface area contributed by atoms with Gasteiger partial charge >= 0.3 is 6.09 Å². The Morgan fingerprint density at radius 2 is 2.00 bits per heavy atom. The van der Waals surface area contributed by atoms with E-state index >= 15 is 0 Å². The maximum Gasteiger partial charge on any atom is 0.412 e. The normalized spacial score (nSPS) is 11.4. The van der Waals surface area contributed by atoms with Gasteiger partial charge in [0.2, 0.25) is 4.96 Å². The zero-order valence-electron chi connectivity index (χ0n) is 16.2. The molecule has 0 aliphatic heterocycles. The molecule has 1 aromatic carbocycles. The number of halogens is 1. The van der Waals surface area contributed by atoms with Gasteiger partial charge in [-0.1, -0.05) is 17.4 Å². The number of ether oxygens (including phenoxy) is 1. The number of anilines is 1. The highest BCUT2D eigenvalue weighted by molar-refractivity contribution is 7.17. The largest absolute Gasteiger partial charge is 0.440 e. The minimum absolute atomic E-state index is 0.332. The van der Waals surface area contributed by atoms with Crippen molar-refractivity contribution < 1.29 is 18.7 Å². The van der Waals surface area contributed by atoms with Crippen molar-refractivity contribution in [1.82, 2.24) is 19.6 Å². The van der Waals surface area contributed by atoms with Gasteiger partial charge in [-0.05, 0) is 44.2 Å². The lowest BCUT2D eigenvalue weighted by Gasteiger charge is -2.13. The van der Waals surface area contributed by atoms with Crippen LogP contribution < -0.4 is 5.32 Å². The number of benzene rings is 1. The number of carbonyl (C=O) groups is 2. The van der Waals surface area contributed by atoms with Crippen molar-refractivity contribution in [3.63, 3.8) is 0 Å². The molecule has 154 valence electrons. The smallest absolute Gasteiger partial charge is 0.412 e. The van der Waals surface area contributed by atoms with Crippen LogP contribution in [0.2, 0.25) is 0 Å². The van der Waals surface area contributed by atoms with Crippen LogP contribution in [0.15, 0.2) is 48.8 Å². The number of nitrogens with zero attached hydrogens (tertiary/aromatic N) is 4. The van der Waals surface area contributed by atoms with Gasteiger partial charge in [-0.25, -0.2) is 13.7 Å². The molecule has 1 N–H and O–H groups in total. The fourth-order valence-electron chi connectivity index (χ4n) is 2.79. The molecule has 1 unspecified atom stereocenters. The SMILES string of the molecule is C=O.Cc1c(C(C)OC(=O)Nc2cccc(F)c2)sc2nc(-c3ccncc3)nn12. The topological polar surface area (TPSA) is 98.5 Å². The minimum Gasteiger partial charge on any atom is -0.440 e. The number of nitrogens with one attached hydrogen (secondary N) is 1. The lowest BCUT2D eigenvalue weighted by atomic mass is 10.3. The average Bonchev–Trinajstić information content (AvgIpc) is 3.30. The summed E-state index contributed by atoms with van der Waals surface area (Å²) in [7, 11) is 0. The summed E-state index contributed by atoms with van der Waals surface area (Å²) in [5.74, 6) is 0.179. The van der Waals surface area contributed by atoms with E-state index in [0.717, 1.165) is 16.1 Å². The Bertz CT molecular complexity index is 1160. The van der Waals surface area contributed by atoms with Crippen molar-refractivity contribution in [1.29, 1.82) is 0 Å². The van der Waals surface area contributed by atoms with Gasteiger partial charge in [0.05, 0.1) is 10.6 Å². The van der Waals surface area contributed by atoms with E-state index in [-0.39, 0.29) is 0 Å². The summed E-state index contributed by atoms with van der Waals surface area (Å²) in [6, 6.07) is 9.32. The molecule has 3 aromatic heterocycles. The van der Waals surface area contributed by atoms with E-state index in [1.165, 1.54) is 29.5 Å². The number of hydrogen-bond acceptors (Lipinski definition) is 7. The van der Waals surface area contributed by atoms with Crippen LogP contribution in [0.25, 0.3) is 16.3 Å². The molecule has 0 fully saturated rings. The Hall–Kier alpha value is -3.66. The summed E-state index contributed by atoms with van der Waals surface area (Å²) in [5.41, 5.74) is 2.06. The number of amides is 1. The number of fused-ring (bicyclic) bond motifs is 1. The van der Waals surface area contributed by atoms with Crippen LogP contribution in [0.1, 0.15) is 23.6 Å². The van der Waals surface area contributed by atoms with E-state index in [0.29, 0.717) is 16.5 Å². The Kier molecular flexibility index (Phi) is 6.48. The number of rotatable bonds is 4. The van der Waals surface area contributed by atoms with Crippen LogP contribution in [-0.4, -0.2) is 32.5 Å². The molecule has 0 bridgehead atoms. The van der Waals surface area contributed by atoms with Gasteiger partial charge in [-0.15, -0.1) is 5.10 Å². The number of thiazole rings is 1. The van der Waals surface area contributed by atoms with Gasteiger partial charge in [0.25, 0.3) is 0 Å². The molecule has 0 spiro atoms. The first-order valence-electron chi connectivity index (χ1n) is 8.80. The predicted octanol–water partition coefficient (Wildman–Crippen LogP) is 4.43. The Labute approximate surface area is 175 Å². The average molecular weight is 427 g/mol. The minimum atomic E-state index is -0.658. The summed E-state index contributed by atoms with van der Waals surface area (Å²) in [4.78, 5) is 30.2. The number of hydrogen-bond donors (Lipinski definition) is 1. The molecule has 4 rings (SSSR count). The van der Waals surface area contributed by atoms with Crippen molar-refractivity contribution in [3.05, 3.63) is 65.2 Å². The third-order valence-electron chi connectivity index (χ3n) is 4.12. The lowest BCUT2D eigenvalue weighted by molar-refractivity contribution is -0.0980. The summed E-state index contributed by atoms with van der Waals surface area (Å²) in [6.07, 6.45) is 2.21. The first-order valence-corrected chi connectivity index (χ1v) is 9.61. The third kappa shape index (κ3) is 4.49. The molecule has 3 heterocycles. The van der Waals surface area contributed by atoms with Crippen molar-refractivity contribution in [2.24, 2.45) is 0 Å². The zero-order chi connectivity index (χ0) is 21.7. The Morgan fingerprint density at radius 1 is 1.27 bits per heavy atom. The highest BCUT2D eigenvalue weighted by Gasteiger charge is 2.21. The highest BCUT2D eigenvalue weighted by Crippen LogP contribution is 2.31. The van der Waals surface area contributed by atoms with Crippen molar-refractivity contribution in [2.75, 3.05) is 5.32 Å². The summed E-state index contributed by atoms with van der Waals surface area (Å²) in [5, 5.41) is 7.05. The molecular weight excluding hydrogens is 409 g/mol. The molecule has 0 saturated heterocycles. The fourth-order valence-corrected chi connectivity index (χ4v) is 3.83. The van der Waals surface area contributed by atoms with E-state index in [2.05, 4.69) is 20.4 Å². The number of carbonyl (C=O) groups excluding carboxylic acids is 2. The first kappa shape index (κ1) is 21.1. The highest BCUT2D eigenvalue weighted by atomic mass is 32.1. The molecule has 0 aliphatic rings. The number of aryl methyl sites for hydroxylation is 1. The zero-order valence-corrected chi connectivity index (χ0v) is 17.0. The van der Waals surface area contributed by atoms with Gasteiger partial charge in [-0.3, -0.25) is 10.3 Å². The van der Waals surface area contributed by atoms with Gasteiger partial charge in [-0.2, -0.15) is 4.98 Å². The van der Waals surface area contributed by atoms with Crippen LogP contribution in [0.3, 0.4) is 0 Å². The molecule has 0 radical (unpaired) electrons. The monoisotopic (exact) mass is 427 g/mol. The van der Waals surface area contributed by atoms with Crippen LogP contribution in [-0.2, 0) is 9.53 Å². The van der Waals surface area contributed by atoms with Gasteiger partial charge in [0, 0.05) is 23.6 Å². The quantitative estimate of drug-likeness (QED) is 0.517. The second kappa shape index (κ2) is 9.23. The molecular formula is C20H18FN5O3S. The molecule has 0 aliphatic carbocycles. The lowest BCUT2D eigenvalue weighted by Crippen LogP contribution is -2.16. The molecule has 30 heavy (non-hydrogen) atoms. The molecule has 1 atom stereocenters. The molecule has 1 amide bonds. The molecule has 0 saturated carbocycles. The summed E-state index contributed by atoms with van der Waals surface area (Å²) < 4.78 is 20.4. The van der Waals surface area contributed by atoms with Crippen LogP contribution >= 0.6 is 11.3 Å². The second-order valence-electron chi connectivity index (χ2n) is 6.10. The van der Waals surface area contributed by atoms with Gasteiger partial charge in [0.1, 0.15) is 18.7 Å². The molecule has 8 nitrogen and oxygen atoms in total. The fraction of sp³-hybridized carbons (Fsp3) is 0.150. The molecule has 10 heteroatoms. The van der Waals surface area contributed by atoms with E-state index in [1.54, 1.807) is 29.9 Å². The first-order chi connectivity index (χ1) is 14.5. The standard InChI is InChI=1S/C19H16FN5O2S.CH2O/c1-11-16(12(2)27-19(26)22-15-5-3-4-14(20)10-15)28-18-23-17(24-25(11)18)13-6-8-21-9-7-13;1-2/h3-10,12H,1-2H3,(H,22,26);1H2. The van der Waals surface area contributed by atoms with Crippen molar-refractivity contribution in [2.45, 2.75) is 20.0 Å². The number of aromatic nitrogens is 4. The predicted molar refractivity (Wildman–Crippen MR) is 111 cm³/mol. The van der Waals surface area contributed by atoms with E-state index < -0.39 is 18.0 Å². The van der Waals surface area contributed by atoms with Crippen molar-refractivity contribution >= 4 is 34.9 Å².